The Kier molecular flexibility index (Phi) is 7.01. The Morgan fingerprint density at radius 1 is 1.24 bits per heavy atom. The van der Waals surface area contributed by atoms with E-state index in [4.69, 9.17) is 10.9 Å². The fourth-order valence-electron chi connectivity index (χ4n) is 2.14. The van der Waals surface area contributed by atoms with Crippen LogP contribution in [0.1, 0.15) is 58.3 Å². The highest BCUT2D eigenvalue weighted by molar-refractivity contribution is 5.79. The summed E-state index contributed by atoms with van der Waals surface area (Å²) in [5.74, 6) is 0.349. The van der Waals surface area contributed by atoms with Crippen LogP contribution in [0.25, 0.3) is 0 Å². The average Bonchev–Trinajstić information content (AvgIpc) is 3.16. The van der Waals surface area contributed by atoms with Crippen molar-refractivity contribution < 1.29 is 5.21 Å². The van der Waals surface area contributed by atoms with Crippen molar-refractivity contribution in [3.8, 4) is 0 Å². The van der Waals surface area contributed by atoms with Gasteiger partial charge in [-0.1, -0.05) is 37.8 Å². The molecule has 1 aliphatic rings. The lowest BCUT2D eigenvalue weighted by molar-refractivity contribution is 0.261. The van der Waals surface area contributed by atoms with E-state index in [-0.39, 0.29) is 0 Å². The van der Waals surface area contributed by atoms with Crippen molar-refractivity contribution in [2.75, 3.05) is 13.1 Å². The van der Waals surface area contributed by atoms with Crippen LogP contribution in [0, 0.1) is 0 Å². The second-order valence-electron chi connectivity index (χ2n) is 5.02. The molecule has 17 heavy (non-hydrogen) atoms. The zero-order valence-electron chi connectivity index (χ0n) is 11.1. The Morgan fingerprint density at radius 2 is 1.94 bits per heavy atom. The Balaban J connectivity index is 2.11. The number of nitrogens with zero attached hydrogens (tertiary/aromatic N) is 2. The van der Waals surface area contributed by atoms with Gasteiger partial charge in [-0.2, -0.15) is 0 Å². The zero-order valence-corrected chi connectivity index (χ0v) is 11.1. The fraction of sp³-hybridized carbons (Fsp3) is 0.923. The monoisotopic (exact) mass is 241 g/mol. The molecule has 4 heteroatoms. The van der Waals surface area contributed by atoms with Crippen molar-refractivity contribution in [3.63, 3.8) is 0 Å². The van der Waals surface area contributed by atoms with Crippen LogP contribution < -0.4 is 5.73 Å². The molecule has 4 nitrogen and oxygen atoms in total. The van der Waals surface area contributed by atoms with Gasteiger partial charge in [0, 0.05) is 19.0 Å². The molecule has 3 N–H and O–H groups in total. The van der Waals surface area contributed by atoms with E-state index >= 15 is 0 Å². The summed E-state index contributed by atoms with van der Waals surface area (Å²) in [5.41, 5.74) is 5.51. The number of oxime groups is 1. The molecule has 0 atom stereocenters. The zero-order chi connectivity index (χ0) is 12.5. The molecule has 0 unspecified atom stereocenters. The lowest BCUT2D eigenvalue weighted by atomic mass is 10.1. The topological polar surface area (TPSA) is 61.8 Å². The fourth-order valence-corrected chi connectivity index (χ4v) is 2.14. The van der Waals surface area contributed by atoms with Crippen molar-refractivity contribution >= 4 is 5.84 Å². The summed E-state index contributed by atoms with van der Waals surface area (Å²) in [4.78, 5) is 2.50. The van der Waals surface area contributed by atoms with E-state index in [1.165, 1.54) is 51.5 Å². The van der Waals surface area contributed by atoms with Crippen molar-refractivity contribution in [1.29, 1.82) is 0 Å². The maximum Gasteiger partial charge on any atom is 0.140 e. The third-order valence-electron chi connectivity index (χ3n) is 3.40. The van der Waals surface area contributed by atoms with Gasteiger partial charge in [-0.3, -0.25) is 4.90 Å². The van der Waals surface area contributed by atoms with Crippen molar-refractivity contribution in [1.82, 2.24) is 4.90 Å². The van der Waals surface area contributed by atoms with Crippen LogP contribution in [0.4, 0.5) is 0 Å². The molecule has 0 spiro atoms. The maximum atomic E-state index is 8.52. The summed E-state index contributed by atoms with van der Waals surface area (Å²) in [5, 5.41) is 11.5. The van der Waals surface area contributed by atoms with E-state index in [9.17, 15) is 0 Å². The molecule has 1 rings (SSSR count). The summed E-state index contributed by atoms with van der Waals surface area (Å²) in [6, 6.07) is 0.771. The molecule has 1 fully saturated rings. The largest absolute Gasteiger partial charge is 0.409 e. The van der Waals surface area contributed by atoms with Gasteiger partial charge in [0.15, 0.2) is 0 Å². The minimum atomic E-state index is 0.349. The number of amidine groups is 1. The molecule has 1 aliphatic carbocycles. The van der Waals surface area contributed by atoms with Crippen LogP contribution in [0.2, 0.25) is 0 Å². The molecule has 100 valence electrons. The van der Waals surface area contributed by atoms with E-state index < -0.39 is 0 Å². The van der Waals surface area contributed by atoms with Gasteiger partial charge in [0.25, 0.3) is 0 Å². The van der Waals surface area contributed by atoms with Crippen molar-refractivity contribution in [2.24, 2.45) is 10.9 Å². The lowest BCUT2D eigenvalue weighted by Crippen LogP contribution is -2.31. The first-order valence-corrected chi connectivity index (χ1v) is 6.98. The van der Waals surface area contributed by atoms with E-state index in [2.05, 4.69) is 17.0 Å². The second kappa shape index (κ2) is 8.34. The van der Waals surface area contributed by atoms with Gasteiger partial charge in [-0.05, 0) is 25.8 Å². The van der Waals surface area contributed by atoms with Gasteiger partial charge in [0.05, 0.1) is 0 Å². The highest BCUT2D eigenvalue weighted by atomic mass is 16.4. The highest BCUT2D eigenvalue weighted by Crippen LogP contribution is 2.27. The summed E-state index contributed by atoms with van der Waals surface area (Å²) in [7, 11) is 0. The summed E-state index contributed by atoms with van der Waals surface area (Å²) < 4.78 is 0. The first kappa shape index (κ1) is 14.3. The van der Waals surface area contributed by atoms with Crippen LogP contribution in [-0.2, 0) is 0 Å². The first-order chi connectivity index (χ1) is 8.27. The molecular formula is C13H27N3O. The molecule has 1 saturated carbocycles. The quantitative estimate of drug-likeness (QED) is 0.203. The highest BCUT2D eigenvalue weighted by Gasteiger charge is 2.28. The molecule has 0 aliphatic heterocycles. The van der Waals surface area contributed by atoms with Gasteiger partial charge in [0.1, 0.15) is 5.84 Å². The maximum absolute atomic E-state index is 8.52. The summed E-state index contributed by atoms with van der Waals surface area (Å²) in [6.45, 7) is 4.36. The lowest BCUT2D eigenvalue weighted by Gasteiger charge is -2.21. The molecule has 0 amide bonds. The molecule has 0 heterocycles. The van der Waals surface area contributed by atoms with Gasteiger partial charge in [0.2, 0.25) is 0 Å². The summed E-state index contributed by atoms with van der Waals surface area (Å²) >= 11 is 0. The van der Waals surface area contributed by atoms with Gasteiger partial charge < -0.3 is 10.9 Å². The second-order valence-corrected chi connectivity index (χ2v) is 5.02. The number of hydrogen-bond donors (Lipinski definition) is 2. The molecule has 0 aromatic heterocycles. The summed E-state index contributed by atoms with van der Waals surface area (Å²) in [6.07, 6.45) is 9.96. The number of hydrogen-bond acceptors (Lipinski definition) is 3. The third kappa shape index (κ3) is 6.51. The number of unbranched alkanes of at least 4 members (excludes halogenated alkanes) is 4. The van der Waals surface area contributed by atoms with E-state index in [0.29, 0.717) is 12.3 Å². The van der Waals surface area contributed by atoms with Gasteiger partial charge in [-0.25, -0.2) is 0 Å². The number of nitrogens with two attached hydrogens (primary N) is 1. The average molecular weight is 241 g/mol. The Morgan fingerprint density at radius 3 is 2.53 bits per heavy atom. The van der Waals surface area contributed by atoms with E-state index in [1.807, 2.05) is 0 Å². The molecule has 0 aromatic rings. The third-order valence-corrected chi connectivity index (χ3v) is 3.40. The number of rotatable bonds is 10. The molecule has 0 saturated heterocycles. The standard InChI is InChI=1S/C13H27N3O/c1-2-3-4-5-6-10-16(12-7-8-12)11-9-13(14)15-17/h12,17H,2-11H2,1H3,(H2,14,15). The smallest absolute Gasteiger partial charge is 0.140 e. The van der Waals surface area contributed by atoms with Crippen LogP contribution in [0.15, 0.2) is 5.16 Å². The minimum Gasteiger partial charge on any atom is -0.409 e. The van der Waals surface area contributed by atoms with Gasteiger partial charge in [-0.15, -0.1) is 0 Å². The van der Waals surface area contributed by atoms with Gasteiger partial charge >= 0.3 is 0 Å². The van der Waals surface area contributed by atoms with Crippen LogP contribution >= 0.6 is 0 Å². The van der Waals surface area contributed by atoms with E-state index in [1.54, 1.807) is 0 Å². The minimum absolute atomic E-state index is 0.349. The molecular weight excluding hydrogens is 214 g/mol. The predicted molar refractivity (Wildman–Crippen MR) is 71.4 cm³/mol. The normalized spacial score (nSPS) is 16.7. The van der Waals surface area contributed by atoms with Crippen molar-refractivity contribution in [2.45, 2.75) is 64.3 Å². The Labute approximate surface area is 105 Å². The van der Waals surface area contributed by atoms with Crippen LogP contribution in [0.3, 0.4) is 0 Å². The van der Waals surface area contributed by atoms with Crippen LogP contribution in [-0.4, -0.2) is 35.1 Å². The molecule has 0 radical (unpaired) electrons. The van der Waals surface area contributed by atoms with Crippen LogP contribution in [0.5, 0.6) is 0 Å². The molecule has 0 bridgehead atoms. The SMILES string of the molecule is CCCCCCCN(CCC(N)=NO)C1CC1. The molecule has 0 aromatic carbocycles. The van der Waals surface area contributed by atoms with Crippen molar-refractivity contribution in [3.05, 3.63) is 0 Å². The predicted octanol–water partition coefficient (Wildman–Crippen LogP) is 2.56. The Hall–Kier alpha value is -0.770. The first-order valence-electron chi connectivity index (χ1n) is 6.98. The Bertz CT molecular complexity index is 227. The van der Waals surface area contributed by atoms with E-state index in [0.717, 1.165) is 12.6 Å².